The molecule has 3 N–H and O–H groups in total. The maximum Gasteiger partial charge on any atom is 0.173 e. The number of nitrogens with one attached hydrogen (secondary N) is 1. The zero-order valence-electron chi connectivity index (χ0n) is 11.1. The van der Waals surface area contributed by atoms with Crippen molar-refractivity contribution in [1.29, 1.82) is 0 Å². The average molecular weight is 261 g/mol. The van der Waals surface area contributed by atoms with Gasteiger partial charge in [-0.3, -0.25) is 5.10 Å². The van der Waals surface area contributed by atoms with Gasteiger partial charge in [-0.2, -0.15) is 10.2 Å². The quantitative estimate of drug-likeness (QED) is 0.805. The second-order valence-electron chi connectivity index (χ2n) is 5.26. The molecule has 0 unspecified atom stereocenters. The Morgan fingerprint density at radius 3 is 2.63 bits per heavy atom. The largest absolute Gasteiger partial charge is 0.380 e. The minimum atomic E-state index is -0.354. The summed E-state index contributed by atoms with van der Waals surface area (Å²) in [5.74, 6) is -0.0715. The first-order valence-corrected chi connectivity index (χ1v) is 5.89. The molecule has 0 saturated carbocycles. The Labute approximate surface area is 110 Å². The second-order valence-corrected chi connectivity index (χ2v) is 5.26. The van der Waals surface area contributed by atoms with E-state index in [4.69, 9.17) is 5.73 Å². The van der Waals surface area contributed by atoms with Crippen LogP contribution in [0.15, 0.2) is 34.5 Å². The number of hydrogen-bond donors (Lipinski definition) is 2. The molecule has 0 saturated heterocycles. The monoisotopic (exact) mass is 261 g/mol. The molecule has 100 valence electrons. The van der Waals surface area contributed by atoms with E-state index in [1.54, 1.807) is 12.1 Å². The Balaban J connectivity index is 2.36. The molecule has 1 aromatic heterocycles. The SMILES string of the molecule is CC(C)(C)c1[nH]nc(N)c1N=Nc1cccc(F)c1. The highest BCUT2D eigenvalue weighted by Crippen LogP contribution is 2.34. The number of halogens is 1. The van der Waals surface area contributed by atoms with Crippen molar-refractivity contribution in [3.63, 3.8) is 0 Å². The Bertz CT molecular complexity index is 610. The number of azo groups is 1. The highest BCUT2D eigenvalue weighted by atomic mass is 19.1. The summed E-state index contributed by atoms with van der Waals surface area (Å²) in [6, 6.07) is 5.90. The van der Waals surface area contributed by atoms with Crippen molar-refractivity contribution >= 4 is 17.2 Å². The van der Waals surface area contributed by atoms with Crippen molar-refractivity contribution in [3.05, 3.63) is 35.8 Å². The van der Waals surface area contributed by atoms with Crippen LogP contribution in [0.3, 0.4) is 0 Å². The van der Waals surface area contributed by atoms with E-state index in [0.717, 1.165) is 5.69 Å². The molecule has 19 heavy (non-hydrogen) atoms. The van der Waals surface area contributed by atoms with Crippen molar-refractivity contribution < 1.29 is 4.39 Å². The van der Waals surface area contributed by atoms with Crippen LogP contribution in [-0.4, -0.2) is 10.2 Å². The van der Waals surface area contributed by atoms with Crippen LogP contribution in [0.1, 0.15) is 26.5 Å². The van der Waals surface area contributed by atoms with Gasteiger partial charge in [0.2, 0.25) is 0 Å². The van der Waals surface area contributed by atoms with Crippen LogP contribution in [0, 0.1) is 5.82 Å². The summed E-state index contributed by atoms with van der Waals surface area (Å²) >= 11 is 0. The molecule has 2 rings (SSSR count). The van der Waals surface area contributed by atoms with Gasteiger partial charge in [0.05, 0.1) is 11.4 Å². The molecule has 0 aliphatic carbocycles. The van der Waals surface area contributed by atoms with E-state index >= 15 is 0 Å². The number of nitrogens with two attached hydrogens (primary N) is 1. The maximum absolute atomic E-state index is 13.0. The van der Waals surface area contributed by atoms with Crippen LogP contribution >= 0.6 is 0 Å². The summed E-state index contributed by atoms with van der Waals surface area (Å²) in [6.45, 7) is 6.05. The number of H-pyrrole nitrogens is 1. The van der Waals surface area contributed by atoms with Crippen molar-refractivity contribution in [2.75, 3.05) is 5.73 Å². The third kappa shape index (κ3) is 2.96. The number of nitrogens with zero attached hydrogens (tertiary/aromatic N) is 3. The van der Waals surface area contributed by atoms with Gasteiger partial charge >= 0.3 is 0 Å². The van der Waals surface area contributed by atoms with Crippen molar-refractivity contribution in [2.24, 2.45) is 10.2 Å². The molecule has 0 amide bonds. The highest BCUT2D eigenvalue weighted by Gasteiger charge is 2.22. The van der Waals surface area contributed by atoms with E-state index in [0.29, 0.717) is 11.4 Å². The van der Waals surface area contributed by atoms with Crippen molar-refractivity contribution in [3.8, 4) is 0 Å². The lowest BCUT2D eigenvalue weighted by atomic mass is 9.91. The third-order valence-electron chi connectivity index (χ3n) is 2.59. The Morgan fingerprint density at radius 2 is 2.00 bits per heavy atom. The second kappa shape index (κ2) is 4.79. The lowest BCUT2D eigenvalue weighted by Gasteiger charge is -2.16. The standard InChI is InChI=1S/C13H16FN5/c1-13(2,3)11-10(12(15)19-18-11)17-16-9-6-4-5-8(14)7-9/h4-7H,1-3H3,(H3,15,18,19). The number of aromatic nitrogens is 2. The Morgan fingerprint density at radius 1 is 1.26 bits per heavy atom. The lowest BCUT2D eigenvalue weighted by molar-refractivity contribution is 0.567. The fourth-order valence-corrected chi connectivity index (χ4v) is 1.62. The van der Waals surface area contributed by atoms with E-state index in [1.165, 1.54) is 12.1 Å². The first-order chi connectivity index (χ1) is 8.88. The first kappa shape index (κ1) is 13.2. The normalized spacial score (nSPS) is 12.2. The van der Waals surface area contributed by atoms with Gasteiger partial charge in [-0.1, -0.05) is 26.8 Å². The maximum atomic E-state index is 13.0. The van der Waals surface area contributed by atoms with Crippen LogP contribution in [0.2, 0.25) is 0 Å². The summed E-state index contributed by atoms with van der Waals surface area (Å²) in [6.07, 6.45) is 0. The van der Waals surface area contributed by atoms with Crippen LogP contribution in [-0.2, 0) is 5.41 Å². The third-order valence-corrected chi connectivity index (χ3v) is 2.59. The predicted molar refractivity (Wildman–Crippen MR) is 72.3 cm³/mol. The molecule has 0 bridgehead atoms. The molecule has 6 heteroatoms. The van der Waals surface area contributed by atoms with Gasteiger partial charge < -0.3 is 5.73 Å². The van der Waals surface area contributed by atoms with E-state index in [9.17, 15) is 4.39 Å². The van der Waals surface area contributed by atoms with E-state index in [-0.39, 0.29) is 17.1 Å². The van der Waals surface area contributed by atoms with Gasteiger partial charge in [-0.05, 0) is 12.1 Å². The molecule has 0 spiro atoms. The summed E-state index contributed by atoms with van der Waals surface area (Å²) in [7, 11) is 0. The summed E-state index contributed by atoms with van der Waals surface area (Å²) in [4.78, 5) is 0. The molecule has 0 aliphatic heterocycles. The summed E-state index contributed by atoms with van der Waals surface area (Å²) < 4.78 is 13.0. The number of hydrogen-bond acceptors (Lipinski definition) is 4. The van der Waals surface area contributed by atoms with Crippen LogP contribution < -0.4 is 5.73 Å². The first-order valence-electron chi connectivity index (χ1n) is 5.89. The average Bonchev–Trinajstić information content (AvgIpc) is 2.68. The van der Waals surface area contributed by atoms with Gasteiger partial charge in [0, 0.05) is 11.5 Å². The minimum absolute atomic E-state index is 0.180. The summed E-state index contributed by atoms with van der Waals surface area (Å²) in [5, 5.41) is 14.9. The molecule has 5 nitrogen and oxygen atoms in total. The Hall–Kier alpha value is -2.24. The van der Waals surface area contributed by atoms with E-state index < -0.39 is 0 Å². The number of anilines is 1. The summed E-state index contributed by atoms with van der Waals surface area (Å²) in [5.41, 5.74) is 7.31. The minimum Gasteiger partial charge on any atom is -0.380 e. The predicted octanol–water partition coefficient (Wildman–Crippen LogP) is 3.84. The van der Waals surface area contributed by atoms with E-state index in [2.05, 4.69) is 20.4 Å². The van der Waals surface area contributed by atoms with Crippen LogP contribution in [0.5, 0.6) is 0 Å². The van der Waals surface area contributed by atoms with Crippen molar-refractivity contribution in [1.82, 2.24) is 10.2 Å². The Kier molecular flexibility index (Phi) is 3.33. The number of aromatic amines is 1. The molecule has 0 fully saturated rings. The fourth-order valence-electron chi connectivity index (χ4n) is 1.62. The lowest BCUT2D eigenvalue weighted by Crippen LogP contribution is -2.11. The molecule has 0 radical (unpaired) electrons. The van der Waals surface area contributed by atoms with E-state index in [1.807, 2.05) is 20.8 Å². The zero-order chi connectivity index (χ0) is 14.0. The smallest absolute Gasteiger partial charge is 0.173 e. The van der Waals surface area contributed by atoms with Crippen molar-refractivity contribution in [2.45, 2.75) is 26.2 Å². The van der Waals surface area contributed by atoms with Gasteiger partial charge in [-0.25, -0.2) is 4.39 Å². The number of nitrogen functional groups attached to an aromatic ring is 1. The molecule has 1 aromatic carbocycles. The van der Waals surface area contributed by atoms with Gasteiger partial charge in [0.1, 0.15) is 5.82 Å². The van der Waals surface area contributed by atoms with Gasteiger partial charge in [0.25, 0.3) is 0 Å². The molecular weight excluding hydrogens is 245 g/mol. The number of benzene rings is 1. The zero-order valence-corrected chi connectivity index (χ0v) is 11.1. The fraction of sp³-hybridized carbons (Fsp3) is 0.308. The molecule has 0 atom stereocenters. The highest BCUT2D eigenvalue weighted by molar-refractivity contribution is 5.62. The molecular formula is C13H16FN5. The molecule has 0 aliphatic rings. The van der Waals surface area contributed by atoms with Crippen LogP contribution in [0.4, 0.5) is 21.6 Å². The number of rotatable bonds is 2. The molecule has 1 heterocycles. The molecule has 2 aromatic rings. The van der Waals surface area contributed by atoms with Gasteiger partial charge in [0.15, 0.2) is 11.5 Å². The van der Waals surface area contributed by atoms with Gasteiger partial charge in [-0.15, -0.1) is 5.11 Å². The topological polar surface area (TPSA) is 79.4 Å². The van der Waals surface area contributed by atoms with Crippen LogP contribution in [0.25, 0.3) is 0 Å².